The lowest BCUT2D eigenvalue weighted by molar-refractivity contribution is 0.000126. The number of nitrogens with zero attached hydrogens (tertiary/aromatic N) is 2. The molecule has 23 heavy (non-hydrogen) atoms. The topological polar surface area (TPSA) is 48.3 Å². The second-order valence-electron chi connectivity index (χ2n) is 5.39. The zero-order valence-electron chi connectivity index (χ0n) is 12.7. The Kier molecular flexibility index (Phi) is 5.32. The molecule has 1 atom stereocenters. The number of halogens is 2. The Morgan fingerprint density at radius 2 is 2.22 bits per heavy atom. The third-order valence-corrected chi connectivity index (χ3v) is 3.65. The number of morpholine rings is 1. The number of rotatable bonds is 6. The number of ether oxygens (including phenoxy) is 2. The molecule has 5 nitrogen and oxygen atoms in total. The van der Waals surface area contributed by atoms with E-state index >= 15 is 0 Å². The van der Waals surface area contributed by atoms with Gasteiger partial charge in [0.25, 0.3) is 0 Å². The van der Waals surface area contributed by atoms with Crippen LogP contribution in [0.15, 0.2) is 30.5 Å². The molecule has 1 N–H and O–H groups in total. The Morgan fingerprint density at radius 1 is 1.30 bits per heavy atom. The van der Waals surface area contributed by atoms with Crippen molar-refractivity contribution < 1.29 is 18.3 Å². The second kappa shape index (κ2) is 7.63. The van der Waals surface area contributed by atoms with Crippen molar-refractivity contribution in [2.24, 2.45) is 0 Å². The van der Waals surface area contributed by atoms with Crippen molar-refractivity contribution in [3.8, 4) is 5.69 Å². The van der Waals surface area contributed by atoms with Gasteiger partial charge in [0.1, 0.15) is 0 Å². The van der Waals surface area contributed by atoms with Crippen molar-refractivity contribution in [1.29, 1.82) is 0 Å². The minimum absolute atomic E-state index is 0.198. The van der Waals surface area contributed by atoms with Crippen molar-refractivity contribution in [2.45, 2.75) is 19.1 Å². The normalized spacial score (nSPS) is 18.3. The Bertz CT molecular complexity index is 642. The van der Waals surface area contributed by atoms with Gasteiger partial charge in [-0.05, 0) is 24.6 Å². The summed E-state index contributed by atoms with van der Waals surface area (Å²) < 4.78 is 38.9. The van der Waals surface area contributed by atoms with E-state index in [-0.39, 0.29) is 6.10 Å². The lowest BCUT2D eigenvalue weighted by Crippen LogP contribution is -2.39. The van der Waals surface area contributed by atoms with E-state index in [4.69, 9.17) is 9.47 Å². The highest BCUT2D eigenvalue weighted by Crippen LogP contribution is 2.13. The molecule has 0 spiro atoms. The Morgan fingerprint density at radius 3 is 3.00 bits per heavy atom. The van der Waals surface area contributed by atoms with Crippen LogP contribution in [-0.4, -0.2) is 42.2 Å². The molecule has 2 aromatic rings. The van der Waals surface area contributed by atoms with Gasteiger partial charge in [0, 0.05) is 32.0 Å². The summed E-state index contributed by atoms with van der Waals surface area (Å²) in [5.41, 5.74) is 1.20. The molecule has 1 unspecified atom stereocenters. The van der Waals surface area contributed by atoms with Crippen LogP contribution in [0, 0.1) is 11.6 Å². The third kappa shape index (κ3) is 4.34. The standard InChI is InChI=1S/C16H19F2N3O2/c17-15-2-1-13(9-16(15)18)21-6-3-12(20-21)11-22-7-4-14-10-19-5-8-23-14/h1-3,6,9,14,19H,4-5,7-8,10-11H2. The minimum atomic E-state index is -0.892. The average molecular weight is 323 g/mol. The van der Waals surface area contributed by atoms with E-state index in [9.17, 15) is 8.78 Å². The number of hydrogen-bond donors (Lipinski definition) is 1. The fourth-order valence-electron chi connectivity index (χ4n) is 2.41. The van der Waals surface area contributed by atoms with Crippen LogP contribution >= 0.6 is 0 Å². The van der Waals surface area contributed by atoms with Gasteiger partial charge in [-0.25, -0.2) is 13.5 Å². The summed E-state index contributed by atoms with van der Waals surface area (Å²) in [6.45, 7) is 3.46. The van der Waals surface area contributed by atoms with Crippen LogP contribution in [0.2, 0.25) is 0 Å². The molecule has 0 aliphatic carbocycles. The van der Waals surface area contributed by atoms with Gasteiger partial charge in [-0.2, -0.15) is 5.10 Å². The molecule has 0 radical (unpaired) electrons. The first-order valence-corrected chi connectivity index (χ1v) is 7.62. The summed E-state index contributed by atoms with van der Waals surface area (Å²) in [6.07, 6.45) is 2.72. The molecule has 0 amide bonds. The Balaban J connectivity index is 1.48. The summed E-state index contributed by atoms with van der Waals surface area (Å²) in [5, 5.41) is 7.56. The fraction of sp³-hybridized carbons (Fsp3) is 0.438. The Labute approximate surface area is 133 Å². The quantitative estimate of drug-likeness (QED) is 0.827. The fourth-order valence-corrected chi connectivity index (χ4v) is 2.41. The van der Waals surface area contributed by atoms with E-state index in [0.717, 1.165) is 43.9 Å². The highest BCUT2D eigenvalue weighted by atomic mass is 19.2. The maximum absolute atomic E-state index is 13.2. The van der Waals surface area contributed by atoms with E-state index in [2.05, 4.69) is 10.4 Å². The number of hydrogen-bond acceptors (Lipinski definition) is 4. The second-order valence-corrected chi connectivity index (χ2v) is 5.39. The van der Waals surface area contributed by atoms with Crippen LogP contribution in [0.25, 0.3) is 5.69 Å². The molecule has 1 aliphatic rings. The zero-order valence-corrected chi connectivity index (χ0v) is 12.7. The van der Waals surface area contributed by atoms with Gasteiger partial charge < -0.3 is 14.8 Å². The molecule has 7 heteroatoms. The largest absolute Gasteiger partial charge is 0.375 e. The van der Waals surface area contributed by atoms with Crippen LogP contribution in [0.4, 0.5) is 8.78 Å². The molecule has 1 aliphatic heterocycles. The predicted molar refractivity (Wildman–Crippen MR) is 80.4 cm³/mol. The highest BCUT2D eigenvalue weighted by Gasteiger charge is 2.13. The van der Waals surface area contributed by atoms with Gasteiger partial charge in [0.05, 0.1) is 30.7 Å². The van der Waals surface area contributed by atoms with Crippen molar-refractivity contribution >= 4 is 0 Å². The lowest BCUT2D eigenvalue weighted by Gasteiger charge is -2.23. The number of aromatic nitrogens is 2. The van der Waals surface area contributed by atoms with Crippen LogP contribution in [0.3, 0.4) is 0 Å². The van der Waals surface area contributed by atoms with Crippen LogP contribution in [0.5, 0.6) is 0 Å². The Hall–Kier alpha value is -1.83. The third-order valence-electron chi connectivity index (χ3n) is 3.65. The molecular formula is C16H19F2N3O2. The lowest BCUT2D eigenvalue weighted by atomic mass is 10.2. The van der Waals surface area contributed by atoms with Crippen molar-refractivity contribution in [1.82, 2.24) is 15.1 Å². The average Bonchev–Trinajstić information content (AvgIpc) is 3.04. The summed E-state index contributed by atoms with van der Waals surface area (Å²) in [4.78, 5) is 0. The molecule has 1 fully saturated rings. The summed E-state index contributed by atoms with van der Waals surface area (Å²) >= 11 is 0. The van der Waals surface area contributed by atoms with Gasteiger partial charge in [-0.15, -0.1) is 0 Å². The number of benzene rings is 1. The zero-order chi connectivity index (χ0) is 16.1. The summed E-state index contributed by atoms with van der Waals surface area (Å²) in [5.74, 6) is -1.76. The van der Waals surface area contributed by atoms with E-state index in [1.54, 1.807) is 12.3 Å². The van der Waals surface area contributed by atoms with Crippen LogP contribution in [0.1, 0.15) is 12.1 Å². The van der Waals surface area contributed by atoms with Crippen LogP contribution in [-0.2, 0) is 16.1 Å². The molecule has 3 rings (SSSR count). The minimum Gasteiger partial charge on any atom is -0.375 e. The van der Waals surface area contributed by atoms with Crippen molar-refractivity contribution in [3.63, 3.8) is 0 Å². The van der Waals surface area contributed by atoms with E-state index in [1.165, 1.54) is 10.7 Å². The first kappa shape index (κ1) is 16.0. The van der Waals surface area contributed by atoms with E-state index in [1.807, 2.05) is 0 Å². The molecule has 1 aromatic heterocycles. The van der Waals surface area contributed by atoms with Gasteiger partial charge in [-0.1, -0.05) is 0 Å². The molecule has 0 bridgehead atoms. The van der Waals surface area contributed by atoms with Crippen LogP contribution < -0.4 is 5.32 Å². The monoisotopic (exact) mass is 323 g/mol. The number of nitrogens with one attached hydrogen (secondary N) is 1. The van der Waals surface area contributed by atoms with Gasteiger partial charge in [0.15, 0.2) is 11.6 Å². The molecule has 2 heterocycles. The van der Waals surface area contributed by atoms with E-state index < -0.39 is 11.6 Å². The maximum Gasteiger partial charge on any atom is 0.160 e. The highest BCUT2D eigenvalue weighted by molar-refractivity contribution is 5.32. The maximum atomic E-state index is 13.2. The van der Waals surface area contributed by atoms with Gasteiger partial charge in [0.2, 0.25) is 0 Å². The predicted octanol–water partition coefficient (Wildman–Crippen LogP) is 2.05. The SMILES string of the molecule is Fc1ccc(-n2ccc(COCCC3CNCCO3)n2)cc1F. The first-order chi connectivity index (χ1) is 11.2. The van der Waals surface area contributed by atoms with E-state index in [0.29, 0.717) is 18.9 Å². The van der Waals surface area contributed by atoms with Crippen molar-refractivity contribution in [2.75, 3.05) is 26.3 Å². The molecular weight excluding hydrogens is 304 g/mol. The summed E-state index contributed by atoms with van der Waals surface area (Å²) in [7, 11) is 0. The van der Waals surface area contributed by atoms with Gasteiger partial charge >= 0.3 is 0 Å². The van der Waals surface area contributed by atoms with Gasteiger partial charge in [-0.3, -0.25) is 0 Å². The molecule has 124 valence electrons. The molecule has 1 saturated heterocycles. The van der Waals surface area contributed by atoms with Crippen molar-refractivity contribution in [3.05, 3.63) is 47.8 Å². The molecule has 1 aromatic carbocycles. The summed E-state index contributed by atoms with van der Waals surface area (Å²) in [6, 6.07) is 5.46. The first-order valence-electron chi connectivity index (χ1n) is 7.62. The molecule has 0 saturated carbocycles. The smallest absolute Gasteiger partial charge is 0.160 e.